The summed E-state index contributed by atoms with van der Waals surface area (Å²) in [6.07, 6.45) is -2.12. The van der Waals surface area contributed by atoms with E-state index in [1.807, 2.05) is 0 Å². The molecule has 0 aliphatic heterocycles. The Hall–Kier alpha value is -2.44. The molecule has 0 radical (unpaired) electrons. The van der Waals surface area contributed by atoms with Crippen LogP contribution in [0.1, 0.15) is 18.0 Å². The van der Waals surface area contributed by atoms with E-state index in [4.69, 9.17) is 9.47 Å². The van der Waals surface area contributed by atoms with Gasteiger partial charge in [0.1, 0.15) is 0 Å². The van der Waals surface area contributed by atoms with E-state index in [0.717, 1.165) is 4.90 Å². The standard InChI is InChI=1S/C17H20F3NO3/c1-5-7-13(21(10-6-2)16(22)17(18,19)20)12-8-9-14(23-3)15(11-12)24-4/h5-6,8-9,11,13H,1-2,7,10H2,3-4H3. The fourth-order valence-electron chi connectivity index (χ4n) is 2.31. The average molecular weight is 343 g/mol. The van der Waals surface area contributed by atoms with Crippen molar-refractivity contribution in [3.8, 4) is 11.5 Å². The van der Waals surface area contributed by atoms with Crippen LogP contribution >= 0.6 is 0 Å². The summed E-state index contributed by atoms with van der Waals surface area (Å²) in [4.78, 5) is 12.5. The highest BCUT2D eigenvalue weighted by molar-refractivity contribution is 5.82. The van der Waals surface area contributed by atoms with E-state index in [2.05, 4.69) is 13.2 Å². The Balaban J connectivity index is 3.35. The maximum Gasteiger partial charge on any atom is 0.471 e. The molecule has 0 bridgehead atoms. The van der Waals surface area contributed by atoms with E-state index >= 15 is 0 Å². The van der Waals surface area contributed by atoms with Gasteiger partial charge in [0, 0.05) is 6.54 Å². The number of halogens is 3. The van der Waals surface area contributed by atoms with Crippen LogP contribution in [0.5, 0.6) is 11.5 Å². The Morgan fingerprint density at radius 3 is 2.29 bits per heavy atom. The first kappa shape index (κ1) is 19.6. The number of nitrogens with zero attached hydrogens (tertiary/aromatic N) is 1. The molecule has 0 saturated carbocycles. The summed E-state index contributed by atoms with van der Waals surface area (Å²) in [7, 11) is 2.88. The van der Waals surface area contributed by atoms with Crippen molar-refractivity contribution in [2.45, 2.75) is 18.6 Å². The molecule has 1 aromatic rings. The number of rotatable bonds is 8. The minimum Gasteiger partial charge on any atom is -0.493 e. The van der Waals surface area contributed by atoms with Gasteiger partial charge < -0.3 is 14.4 Å². The second-order valence-electron chi connectivity index (χ2n) is 4.90. The number of amides is 1. The summed E-state index contributed by atoms with van der Waals surface area (Å²) in [6.45, 7) is 6.75. The van der Waals surface area contributed by atoms with Gasteiger partial charge in [0.25, 0.3) is 0 Å². The highest BCUT2D eigenvalue weighted by Gasteiger charge is 2.44. The van der Waals surface area contributed by atoms with Crippen LogP contribution in [0.15, 0.2) is 43.5 Å². The fourth-order valence-corrected chi connectivity index (χ4v) is 2.31. The Bertz CT molecular complexity index is 599. The van der Waals surface area contributed by atoms with E-state index in [9.17, 15) is 18.0 Å². The first-order valence-electron chi connectivity index (χ1n) is 7.11. The van der Waals surface area contributed by atoms with Crippen molar-refractivity contribution in [2.24, 2.45) is 0 Å². The molecule has 7 heteroatoms. The molecule has 0 aromatic heterocycles. The largest absolute Gasteiger partial charge is 0.493 e. The van der Waals surface area contributed by atoms with Crippen molar-refractivity contribution in [2.75, 3.05) is 20.8 Å². The molecule has 1 aromatic carbocycles. The average Bonchev–Trinajstić information content (AvgIpc) is 2.55. The van der Waals surface area contributed by atoms with Gasteiger partial charge in [-0.1, -0.05) is 18.2 Å². The molecule has 0 aliphatic carbocycles. The van der Waals surface area contributed by atoms with Crippen LogP contribution in [0.2, 0.25) is 0 Å². The topological polar surface area (TPSA) is 38.8 Å². The van der Waals surface area contributed by atoms with Gasteiger partial charge in [0.15, 0.2) is 11.5 Å². The number of methoxy groups -OCH3 is 2. The number of benzene rings is 1. The Labute approximate surface area is 139 Å². The molecule has 1 rings (SSSR count). The summed E-state index contributed by atoms with van der Waals surface area (Å²) >= 11 is 0. The minimum absolute atomic E-state index is 0.144. The molecule has 0 heterocycles. The number of hydrogen-bond donors (Lipinski definition) is 0. The highest BCUT2D eigenvalue weighted by atomic mass is 19.4. The second kappa shape index (κ2) is 8.42. The first-order valence-corrected chi connectivity index (χ1v) is 7.11. The van der Waals surface area contributed by atoms with Crippen molar-refractivity contribution in [1.82, 2.24) is 4.90 Å². The number of carbonyl (C=O) groups excluding carboxylic acids is 1. The Morgan fingerprint density at radius 2 is 1.83 bits per heavy atom. The summed E-state index contributed by atoms with van der Waals surface area (Å²) in [6, 6.07) is 3.87. The van der Waals surface area contributed by atoms with E-state index in [0.29, 0.717) is 17.1 Å². The fraction of sp³-hybridized carbons (Fsp3) is 0.353. The van der Waals surface area contributed by atoms with Crippen molar-refractivity contribution < 1.29 is 27.4 Å². The molecule has 132 valence electrons. The number of hydrogen-bond acceptors (Lipinski definition) is 3. The quantitative estimate of drug-likeness (QED) is 0.672. The summed E-state index contributed by atoms with van der Waals surface area (Å²) in [5.74, 6) is -1.12. The van der Waals surface area contributed by atoms with Gasteiger partial charge in [0.2, 0.25) is 0 Å². The van der Waals surface area contributed by atoms with Crippen molar-refractivity contribution >= 4 is 5.91 Å². The van der Waals surface area contributed by atoms with Crippen LogP contribution in [0.4, 0.5) is 13.2 Å². The van der Waals surface area contributed by atoms with Crippen molar-refractivity contribution in [3.63, 3.8) is 0 Å². The molecule has 0 aliphatic rings. The minimum atomic E-state index is -4.97. The highest BCUT2D eigenvalue weighted by Crippen LogP contribution is 2.35. The summed E-state index contributed by atoms with van der Waals surface area (Å²) < 4.78 is 49.0. The Morgan fingerprint density at radius 1 is 1.21 bits per heavy atom. The van der Waals surface area contributed by atoms with Gasteiger partial charge in [-0.25, -0.2) is 0 Å². The molecular formula is C17H20F3NO3. The van der Waals surface area contributed by atoms with Gasteiger partial charge in [-0.2, -0.15) is 13.2 Å². The second-order valence-corrected chi connectivity index (χ2v) is 4.90. The number of carbonyl (C=O) groups is 1. The van der Waals surface area contributed by atoms with Crippen LogP contribution < -0.4 is 9.47 Å². The van der Waals surface area contributed by atoms with Gasteiger partial charge in [0.05, 0.1) is 20.3 Å². The van der Waals surface area contributed by atoms with Crippen molar-refractivity contribution in [1.29, 1.82) is 0 Å². The van der Waals surface area contributed by atoms with E-state index < -0.39 is 18.1 Å². The van der Waals surface area contributed by atoms with Crippen LogP contribution in [0, 0.1) is 0 Å². The predicted octanol–water partition coefficient (Wildman–Crippen LogP) is 3.90. The zero-order valence-electron chi connectivity index (χ0n) is 13.6. The van der Waals surface area contributed by atoms with Gasteiger partial charge in [-0.05, 0) is 24.1 Å². The maximum absolute atomic E-state index is 12.9. The van der Waals surface area contributed by atoms with Gasteiger partial charge >= 0.3 is 12.1 Å². The Kier molecular flexibility index (Phi) is 6.88. The number of ether oxygens (including phenoxy) is 2. The monoisotopic (exact) mass is 343 g/mol. The van der Waals surface area contributed by atoms with E-state index in [1.54, 1.807) is 18.2 Å². The lowest BCUT2D eigenvalue weighted by Gasteiger charge is -2.31. The third-order valence-electron chi connectivity index (χ3n) is 3.39. The van der Waals surface area contributed by atoms with Crippen LogP contribution in [0.25, 0.3) is 0 Å². The molecular weight excluding hydrogens is 323 g/mol. The lowest BCUT2D eigenvalue weighted by Crippen LogP contribution is -2.43. The molecule has 0 fully saturated rings. The zero-order valence-corrected chi connectivity index (χ0v) is 13.6. The molecule has 24 heavy (non-hydrogen) atoms. The maximum atomic E-state index is 12.9. The van der Waals surface area contributed by atoms with Crippen LogP contribution in [-0.2, 0) is 4.79 Å². The van der Waals surface area contributed by atoms with Crippen molar-refractivity contribution in [3.05, 3.63) is 49.1 Å². The SMILES string of the molecule is C=CCC(c1ccc(OC)c(OC)c1)N(CC=C)C(=O)C(F)(F)F. The van der Waals surface area contributed by atoms with Crippen LogP contribution in [-0.4, -0.2) is 37.7 Å². The summed E-state index contributed by atoms with van der Waals surface area (Å²) in [5, 5.41) is 0. The molecule has 1 unspecified atom stereocenters. The molecule has 1 amide bonds. The molecule has 0 N–H and O–H groups in total. The normalized spacial score (nSPS) is 12.2. The van der Waals surface area contributed by atoms with E-state index in [1.165, 1.54) is 26.4 Å². The van der Waals surface area contributed by atoms with Gasteiger partial charge in [-0.15, -0.1) is 13.2 Å². The molecule has 4 nitrogen and oxygen atoms in total. The third-order valence-corrected chi connectivity index (χ3v) is 3.39. The zero-order chi connectivity index (χ0) is 18.3. The lowest BCUT2D eigenvalue weighted by atomic mass is 10.0. The number of alkyl halides is 3. The van der Waals surface area contributed by atoms with E-state index in [-0.39, 0.29) is 13.0 Å². The van der Waals surface area contributed by atoms with Crippen LogP contribution in [0.3, 0.4) is 0 Å². The lowest BCUT2D eigenvalue weighted by molar-refractivity contribution is -0.187. The first-order chi connectivity index (χ1) is 11.3. The smallest absolute Gasteiger partial charge is 0.471 e. The summed E-state index contributed by atoms with van der Waals surface area (Å²) in [5.41, 5.74) is 0.479. The molecule has 0 spiro atoms. The van der Waals surface area contributed by atoms with Gasteiger partial charge in [-0.3, -0.25) is 4.79 Å². The molecule has 1 atom stereocenters. The predicted molar refractivity (Wildman–Crippen MR) is 85.1 cm³/mol. The third kappa shape index (κ3) is 4.53. The molecule has 0 saturated heterocycles.